The summed E-state index contributed by atoms with van der Waals surface area (Å²) in [5.74, 6) is -0.584. The van der Waals surface area contributed by atoms with E-state index in [4.69, 9.17) is 4.74 Å². The van der Waals surface area contributed by atoms with Gasteiger partial charge in [-0.3, -0.25) is 4.79 Å². The van der Waals surface area contributed by atoms with Crippen LogP contribution in [0.3, 0.4) is 0 Å². The summed E-state index contributed by atoms with van der Waals surface area (Å²) in [6.45, 7) is 14.1. The van der Waals surface area contributed by atoms with Crippen LogP contribution in [0.25, 0.3) is 0 Å². The number of phenols is 1. The van der Waals surface area contributed by atoms with Crippen LogP contribution in [0, 0.1) is 0 Å². The molecule has 0 aromatic heterocycles. The fourth-order valence-electron chi connectivity index (χ4n) is 2.55. The molecule has 0 fully saturated rings. The second kappa shape index (κ2) is 7.83. The normalized spacial score (nSPS) is 13.1. The molecule has 0 radical (unpaired) electrons. The van der Waals surface area contributed by atoms with E-state index >= 15 is 0 Å². The molecule has 0 spiro atoms. The number of rotatable bonds is 5. The molecule has 0 aliphatic rings. The van der Waals surface area contributed by atoms with Crippen molar-refractivity contribution in [2.75, 3.05) is 13.2 Å². The number of aromatic hydroxyl groups is 1. The summed E-state index contributed by atoms with van der Waals surface area (Å²) in [5.41, 5.74) is 1.89. The fraction of sp³-hybridized carbons (Fsp3) is 0.600. The van der Waals surface area contributed by atoms with E-state index in [0.717, 1.165) is 16.7 Å². The van der Waals surface area contributed by atoms with Crippen LogP contribution >= 0.6 is 0 Å². The van der Waals surface area contributed by atoms with Gasteiger partial charge in [0.2, 0.25) is 6.08 Å². The van der Waals surface area contributed by atoms with Gasteiger partial charge in [0.25, 0.3) is 0 Å². The molecule has 0 aliphatic heterocycles. The number of ether oxygens (including phenoxy) is 1. The third-order valence-corrected chi connectivity index (χ3v) is 4.11. The molecule has 5 heteroatoms. The second-order valence-electron chi connectivity index (χ2n) is 8.33. The lowest BCUT2D eigenvalue weighted by molar-refractivity contribution is -0.144. The minimum absolute atomic E-state index is 0.0504. The first-order valence-electron chi connectivity index (χ1n) is 8.47. The lowest BCUT2D eigenvalue weighted by atomic mass is 9.77. The van der Waals surface area contributed by atoms with Crippen molar-refractivity contribution < 1.29 is 19.4 Å². The van der Waals surface area contributed by atoms with E-state index in [1.807, 2.05) is 53.7 Å². The van der Waals surface area contributed by atoms with Crippen molar-refractivity contribution in [3.05, 3.63) is 28.8 Å². The van der Waals surface area contributed by atoms with Crippen molar-refractivity contribution >= 4 is 12.0 Å². The summed E-state index contributed by atoms with van der Waals surface area (Å²) in [5, 5.41) is 10.7. The summed E-state index contributed by atoms with van der Waals surface area (Å²) in [6, 6.07) is 3.75. The van der Waals surface area contributed by atoms with Gasteiger partial charge in [-0.2, -0.15) is 0 Å². The summed E-state index contributed by atoms with van der Waals surface area (Å²) < 4.78 is 5.17. The van der Waals surface area contributed by atoms with Crippen molar-refractivity contribution in [3.8, 4) is 5.75 Å². The molecule has 1 rings (SSSR count). The van der Waals surface area contributed by atoms with Crippen LogP contribution in [0.5, 0.6) is 5.75 Å². The van der Waals surface area contributed by atoms with Gasteiger partial charge in [-0.05, 0) is 34.4 Å². The van der Waals surface area contributed by atoms with Crippen LogP contribution in [-0.4, -0.2) is 30.3 Å². The Morgan fingerprint density at radius 1 is 1.16 bits per heavy atom. The van der Waals surface area contributed by atoms with Crippen molar-refractivity contribution in [2.24, 2.45) is 4.99 Å². The van der Waals surface area contributed by atoms with E-state index in [9.17, 15) is 14.7 Å². The molecule has 25 heavy (non-hydrogen) atoms. The van der Waals surface area contributed by atoms with Crippen LogP contribution in [0.15, 0.2) is 17.1 Å². The molecule has 0 aliphatic carbocycles. The smallest absolute Gasteiger partial charge is 0.313 e. The van der Waals surface area contributed by atoms with Crippen molar-refractivity contribution in [1.82, 2.24) is 0 Å². The van der Waals surface area contributed by atoms with Crippen LogP contribution in [-0.2, 0) is 25.2 Å². The predicted molar refractivity (Wildman–Crippen MR) is 97.9 cm³/mol. The summed E-state index contributed by atoms with van der Waals surface area (Å²) in [7, 11) is 0. The maximum atomic E-state index is 12.3. The second-order valence-corrected chi connectivity index (χ2v) is 8.33. The zero-order chi connectivity index (χ0) is 19.4. The van der Waals surface area contributed by atoms with Gasteiger partial charge in [0.15, 0.2) is 0 Å². The zero-order valence-electron chi connectivity index (χ0n) is 16.3. The number of nitrogens with zero attached hydrogens (tertiary/aromatic N) is 1. The minimum Gasteiger partial charge on any atom is -0.507 e. The molecule has 1 aromatic carbocycles. The van der Waals surface area contributed by atoms with Crippen LogP contribution in [0.1, 0.15) is 71.1 Å². The standard InChI is InChI=1S/C20H29NO4/c1-13(18(24)25-9-8-21-12-22)14-10-15(19(2,3)4)17(23)16(11-14)20(5,6)7/h10-11,13,23H,8-9H2,1-7H3. The SMILES string of the molecule is CC(C(=O)OCCN=C=O)c1cc(C(C)(C)C)c(O)c(C(C)(C)C)c1. The van der Waals surface area contributed by atoms with Crippen molar-refractivity contribution in [2.45, 2.75) is 65.2 Å². The number of carbonyl (C=O) groups is 1. The van der Waals surface area contributed by atoms with Crippen LogP contribution in [0.2, 0.25) is 0 Å². The number of hydrogen-bond acceptors (Lipinski definition) is 5. The number of phenolic OH excluding ortho intramolecular Hbond substituents is 1. The maximum Gasteiger partial charge on any atom is 0.313 e. The third kappa shape index (κ3) is 5.43. The van der Waals surface area contributed by atoms with E-state index in [2.05, 4.69) is 4.99 Å². The number of esters is 1. The van der Waals surface area contributed by atoms with Crippen molar-refractivity contribution in [3.63, 3.8) is 0 Å². The van der Waals surface area contributed by atoms with Gasteiger partial charge in [0, 0.05) is 0 Å². The Bertz CT molecular complexity index is 639. The average Bonchev–Trinajstić information content (AvgIpc) is 2.48. The first-order valence-corrected chi connectivity index (χ1v) is 8.47. The molecule has 0 heterocycles. The molecule has 0 saturated heterocycles. The monoisotopic (exact) mass is 347 g/mol. The number of benzene rings is 1. The summed E-state index contributed by atoms with van der Waals surface area (Å²) >= 11 is 0. The number of isocyanates is 1. The molecular formula is C20H29NO4. The first kappa shape index (κ1) is 20.9. The largest absolute Gasteiger partial charge is 0.507 e. The van der Waals surface area contributed by atoms with E-state index in [-0.39, 0.29) is 35.7 Å². The Hall–Kier alpha value is -2.13. The van der Waals surface area contributed by atoms with Crippen LogP contribution in [0.4, 0.5) is 0 Å². The van der Waals surface area contributed by atoms with E-state index in [1.54, 1.807) is 6.92 Å². The highest BCUT2D eigenvalue weighted by atomic mass is 16.5. The Morgan fingerprint density at radius 2 is 1.64 bits per heavy atom. The first-order chi connectivity index (χ1) is 11.4. The zero-order valence-corrected chi connectivity index (χ0v) is 16.3. The highest BCUT2D eigenvalue weighted by Gasteiger charge is 2.29. The topological polar surface area (TPSA) is 76.0 Å². The Kier molecular flexibility index (Phi) is 6.55. The van der Waals surface area contributed by atoms with Gasteiger partial charge in [-0.25, -0.2) is 9.79 Å². The third-order valence-electron chi connectivity index (χ3n) is 4.11. The Balaban J connectivity index is 3.26. The van der Waals surface area contributed by atoms with Gasteiger partial charge in [0.05, 0.1) is 12.5 Å². The molecule has 138 valence electrons. The van der Waals surface area contributed by atoms with Crippen molar-refractivity contribution in [1.29, 1.82) is 0 Å². The number of hydrogen-bond donors (Lipinski definition) is 1. The molecule has 1 unspecified atom stereocenters. The van der Waals surface area contributed by atoms with Crippen LogP contribution < -0.4 is 0 Å². The fourth-order valence-corrected chi connectivity index (χ4v) is 2.55. The van der Waals surface area contributed by atoms with E-state index in [0.29, 0.717) is 0 Å². The highest BCUT2D eigenvalue weighted by Crippen LogP contribution is 2.41. The lowest BCUT2D eigenvalue weighted by Gasteiger charge is -2.29. The quantitative estimate of drug-likeness (QED) is 0.378. The molecule has 1 N–H and O–H groups in total. The summed E-state index contributed by atoms with van der Waals surface area (Å²) in [4.78, 5) is 25.7. The minimum atomic E-state index is -0.483. The highest BCUT2D eigenvalue weighted by molar-refractivity contribution is 5.78. The molecule has 1 atom stereocenters. The molecular weight excluding hydrogens is 318 g/mol. The Labute approximate surface area is 150 Å². The van der Waals surface area contributed by atoms with Gasteiger partial charge in [-0.15, -0.1) is 0 Å². The lowest BCUT2D eigenvalue weighted by Crippen LogP contribution is -2.20. The molecule has 0 bridgehead atoms. The average molecular weight is 347 g/mol. The predicted octanol–water partition coefficient (Wildman–Crippen LogP) is 3.97. The van der Waals surface area contributed by atoms with E-state index in [1.165, 1.54) is 6.08 Å². The Morgan fingerprint density at radius 3 is 2.04 bits per heavy atom. The molecule has 0 saturated carbocycles. The summed E-state index contributed by atoms with van der Waals surface area (Å²) in [6.07, 6.45) is 1.41. The van der Waals surface area contributed by atoms with Gasteiger partial charge in [0.1, 0.15) is 12.4 Å². The molecule has 1 aromatic rings. The maximum absolute atomic E-state index is 12.3. The number of aliphatic imine (C=N–C) groups is 1. The van der Waals surface area contributed by atoms with Gasteiger partial charge in [-0.1, -0.05) is 53.7 Å². The number of carbonyl (C=O) groups excluding carboxylic acids is 2. The van der Waals surface area contributed by atoms with E-state index < -0.39 is 5.92 Å². The van der Waals surface area contributed by atoms with Gasteiger partial charge < -0.3 is 9.84 Å². The van der Waals surface area contributed by atoms with Gasteiger partial charge >= 0.3 is 5.97 Å². The molecule has 5 nitrogen and oxygen atoms in total. The molecule has 0 amide bonds.